The van der Waals surface area contributed by atoms with E-state index in [1.165, 1.54) is 5.56 Å². The van der Waals surface area contributed by atoms with Crippen molar-refractivity contribution in [3.63, 3.8) is 0 Å². The second kappa shape index (κ2) is 8.33. The molecule has 6 heteroatoms. The van der Waals surface area contributed by atoms with E-state index >= 15 is 0 Å². The summed E-state index contributed by atoms with van der Waals surface area (Å²) >= 11 is 0. The number of rotatable bonds is 6. The summed E-state index contributed by atoms with van der Waals surface area (Å²) in [4.78, 5) is 26.6. The van der Waals surface area contributed by atoms with E-state index in [0.29, 0.717) is 24.5 Å². The Labute approximate surface area is 165 Å². The van der Waals surface area contributed by atoms with E-state index in [-0.39, 0.29) is 24.3 Å². The largest absolute Gasteiger partial charge is 0.493 e. The molecule has 148 valence electrons. The monoisotopic (exact) mass is 382 g/mol. The number of carbonyl (C=O) groups is 2. The number of nitrogens with zero attached hydrogens (tertiary/aromatic N) is 1. The van der Waals surface area contributed by atoms with Crippen molar-refractivity contribution < 1.29 is 19.1 Å². The lowest BCUT2D eigenvalue weighted by Gasteiger charge is -2.18. The minimum atomic E-state index is -0.193. The van der Waals surface area contributed by atoms with Gasteiger partial charge < -0.3 is 19.7 Å². The van der Waals surface area contributed by atoms with Gasteiger partial charge in [0.15, 0.2) is 11.5 Å². The van der Waals surface area contributed by atoms with Crippen LogP contribution in [-0.2, 0) is 16.0 Å². The van der Waals surface area contributed by atoms with Crippen molar-refractivity contribution in [1.82, 2.24) is 5.32 Å². The van der Waals surface area contributed by atoms with Crippen molar-refractivity contribution in [2.24, 2.45) is 0 Å². The highest BCUT2D eigenvalue weighted by molar-refractivity contribution is 5.97. The summed E-state index contributed by atoms with van der Waals surface area (Å²) in [6, 6.07) is 11.2. The Morgan fingerprint density at radius 1 is 1.07 bits per heavy atom. The van der Waals surface area contributed by atoms with Crippen LogP contribution in [0.5, 0.6) is 11.5 Å². The molecule has 0 radical (unpaired) electrons. The third-order valence-electron chi connectivity index (χ3n) is 5.10. The first-order valence-electron chi connectivity index (χ1n) is 9.29. The Morgan fingerprint density at radius 2 is 1.82 bits per heavy atom. The molecular formula is C22H26N2O4. The van der Waals surface area contributed by atoms with E-state index in [2.05, 4.69) is 5.32 Å². The van der Waals surface area contributed by atoms with Crippen LogP contribution >= 0.6 is 0 Å². The lowest BCUT2D eigenvalue weighted by molar-refractivity contribution is -0.121. The van der Waals surface area contributed by atoms with Gasteiger partial charge in [-0.3, -0.25) is 9.59 Å². The van der Waals surface area contributed by atoms with Gasteiger partial charge in [-0.1, -0.05) is 12.1 Å². The van der Waals surface area contributed by atoms with Gasteiger partial charge in [0.1, 0.15) is 0 Å². The minimum absolute atomic E-state index is 0.0275. The fourth-order valence-electron chi connectivity index (χ4n) is 3.40. The van der Waals surface area contributed by atoms with Crippen molar-refractivity contribution in [1.29, 1.82) is 0 Å². The molecular weight excluding hydrogens is 356 g/mol. The van der Waals surface area contributed by atoms with Gasteiger partial charge in [-0.15, -0.1) is 0 Å². The Hall–Kier alpha value is -3.02. The van der Waals surface area contributed by atoms with Gasteiger partial charge in [-0.2, -0.15) is 0 Å². The van der Waals surface area contributed by atoms with Crippen LogP contribution in [0.25, 0.3) is 0 Å². The average molecular weight is 382 g/mol. The van der Waals surface area contributed by atoms with Crippen molar-refractivity contribution in [3.05, 3.63) is 53.1 Å². The molecule has 1 aliphatic rings. The van der Waals surface area contributed by atoms with Gasteiger partial charge in [-0.25, -0.2) is 0 Å². The van der Waals surface area contributed by atoms with E-state index in [9.17, 15) is 9.59 Å². The van der Waals surface area contributed by atoms with Gasteiger partial charge in [0.2, 0.25) is 11.8 Å². The molecule has 1 atom stereocenters. The van der Waals surface area contributed by atoms with Crippen LogP contribution in [0.4, 0.5) is 5.69 Å². The third-order valence-corrected chi connectivity index (χ3v) is 5.10. The van der Waals surface area contributed by atoms with Crippen LogP contribution in [-0.4, -0.2) is 38.6 Å². The molecule has 0 bridgehead atoms. The van der Waals surface area contributed by atoms with Crippen LogP contribution < -0.4 is 19.7 Å². The first kappa shape index (κ1) is 19.7. The zero-order chi connectivity index (χ0) is 20.3. The Kier molecular flexibility index (Phi) is 5.87. The highest BCUT2D eigenvalue weighted by Gasteiger charge is 2.31. The molecule has 0 unspecified atom stereocenters. The van der Waals surface area contributed by atoms with Crippen LogP contribution in [0, 0.1) is 13.8 Å². The fourth-order valence-corrected chi connectivity index (χ4v) is 3.40. The number of carbonyl (C=O) groups excluding carboxylic acids is 2. The number of benzene rings is 2. The molecule has 1 aliphatic heterocycles. The highest BCUT2D eigenvalue weighted by atomic mass is 16.5. The van der Waals surface area contributed by atoms with Crippen molar-refractivity contribution in [2.45, 2.75) is 32.7 Å². The summed E-state index contributed by atoms with van der Waals surface area (Å²) in [6.45, 7) is 4.56. The van der Waals surface area contributed by atoms with Crippen molar-refractivity contribution in [2.75, 3.05) is 25.7 Å². The highest BCUT2D eigenvalue weighted by Crippen LogP contribution is 2.28. The zero-order valence-electron chi connectivity index (χ0n) is 16.7. The molecule has 1 heterocycles. The summed E-state index contributed by atoms with van der Waals surface area (Å²) in [5.41, 5.74) is 4.04. The summed E-state index contributed by atoms with van der Waals surface area (Å²) in [7, 11) is 3.13. The molecule has 2 aromatic carbocycles. The number of ether oxygens (including phenoxy) is 2. The predicted octanol–water partition coefficient (Wildman–Crippen LogP) is 2.78. The number of anilines is 1. The lowest BCUT2D eigenvalue weighted by Crippen LogP contribution is -2.38. The topological polar surface area (TPSA) is 67.9 Å². The van der Waals surface area contributed by atoms with Crippen LogP contribution in [0.15, 0.2) is 36.4 Å². The van der Waals surface area contributed by atoms with Gasteiger partial charge in [0.05, 0.1) is 26.7 Å². The van der Waals surface area contributed by atoms with E-state index in [1.807, 2.05) is 38.1 Å². The minimum Gasteiger partial charge on any atom is -0.493 e. The second-order valence-corrected chi connectivity index (χ2v) is 7.11. The average Bonchev–Trinajstić information content (AvgIpc) is 3.03. The molecule has 0 aromatic heterocycles. The SMILES string of the molecule is COc1ccc(CC(=O)N[C@H]2CC(=O)N(c3ccc(C)c(C)c3)C2)cc1OC. The first-order chi connectivity index (χ1) is 13.4. The molecule has 1 saturated heterocycles. The summed E-state index contributed by atoms with van der Waals surface area (Å²) < 4.78 is 10.5. The molecule has 2 amide bonds. The number of hydrogen-bond donors (Lipinski definition) is 1. The summed E-state index contributed by atoms with van der Waals surface area (Å²) in [6.07, 6.45) is 0.527. The number of nitrogens with one attached hydrogen (secondary N) is 1. The second-order valence-electron chi connectivity index (χ2n) is 7.11. The van der Waals surface area contributed by atoms with Gasteiger partial charge in [0, 0.05) is 18.7 Å². The van der Waals surface area contributed by atoms with Crippen LogP contribution in [0.1, 0.15) is 23.1 Å². The number of methoxy groups -OCH3 is 2. The molecule has 1 fully saturated rings. The Balaban J connectivity index is 1.62. The van der Waals surface area contributed by atoms with Crippen LogP contribution in [0.3, 0.4) is 0 Å². The maximum Gasteiger partial charge on any atom is 0.229 e. The standard InChI is InChI=1S/C22H26N2O4/c1-14-5-7-18(9-15(14)2)24-13-17(12-22(24)26)23-21(25)11-16-6-8-19(27-3)20(10-16)28-4/h5-10,17H,11-13H2,1-4H3,(H,23,25)/t17-/m0/s1. The maximum absolute atomic E-state index is 12.5. The molecule has 3 rings (SSSR count). The molecule has 0 aliphatic carbocycles. The van der Waals surface area contributed by atoms with E-state index < -0.39 is 0 Å². The Morgan fingerprint density at radius 3 is 2.50 bits per heavy atom. The van der Waals surface area contributed by atoms with Crippen molar-refractivity contribution in [3.8, 4) is 11.5 Å². The quantitative estimate of drug-likeness (QED) is 0.834. The molecule has 0 spiro atoms. The zero-order valence-corrected chi connectivity index (χ0v) is 16.7. The number of amides is 2. The summed E-state index contributed by atoms with van der Waals surface area (Å²) in [5.74, 6) is 1.12. The van der Waals surface area contributed by atoms with Gasteiger partial charge in [-0.05, 0) is 54.8 Å². The lowest BCUT2D eigenvalue weighted by atomic mass is 10.1. The van der Waals surface area contributed by atoms with E-state index in [0.717, 1.165) is 16.8 Å². The maximum atomic E-state index is 12.5. The third kappa shape index (κ3) is 4.27. The number of hydrogen-bond acceptors (Lipinski definition) is 4. The van der Waals surface area contributed by atoms with Crippen molar-refractivity contribution >= 4 is 17.5 Å². The molecule has 6 nitrogen and oxygen atoms in total. The molecule has 0 saturated carbocycles. The van der Waals surface area contributed by atoms with E-state index in [4.69, 9.17) is 9.47 Å². The molecule has 28 heavy (non-hydrogen) atoms. The molecule has 2 aromatic rings. The Bertz CT molecular complexity index is 894. The fraction of sp³-hybridized carbons (Fsp3) is 0.364. The molecule has 1 N–H and O–H groups in total. The van der Waals surface area contributed by atoms with Crippen LogP contribution in [0.2, 0.25) is 0 Å². The normalized spacial score (nSPS) is 16.2. The smallest absolute Gasteiger partial charge is 0.229 e. The predicted molar refractivity (Wildman–Crippen MR) is 108 cm³/mol. The number of aryl methyl sites for hydroxylation is 2. The summed E-state index contributed by atoms with van der Waals surface area (Å²) in [5, 5.41) is 2.98. The van der Waals surface area contributed by atoms with E-state index in [1.54, 1.807) is 31.3 Å². The van der Waals surface area contributed by atoms with Gasteiger partial charge >= 0.3 is 0 Å². The first-order valence-corrected chi connectivity index (χ1v) is 9.29. The van der Waals surface area contributed by atoms with Gasteiger partial charge in [0.25, 0.3) is 0 Å².